The van der Waals surface area contributed by atoms with E-state index in [9.17, 15) is 13.2 Å². The van der Waals surface area contributed by atoms with Crippen LogP contribution in [0.1, 0.15) is 34.6 Å². The van der Waals surface area contributed by atoms with Crippen molar-refractivity contribution in [3.8, 4) is 0 Å². The largest absolute Gasteiger partial charge is 0.345 e. The zero-order valence-corrected chi connectivity index (χ0v) is 17.0. The van der Waals surface area contributed by atoms with E-state index in [2.05, 4.69) is 15.3 Å². The van der Waals surface area contributed by atoms with E-state index >= 15 is 0 Å². The highest BCUT2D eigenvalue weighted by Gasteiger charge is 2.35. The van der Waals surface area contributed by atoms with Gasteiger partial charge < -0.3 is 4.98 Å². The normalized spacial score (nSPS) is 19.9. The molecular formula is C20H21N3O3S2. The molecule has 1 saturated heterocycles. The maximum absolute atomic E-state index is 13.4. The number of sulfone groups is 1. The molecule has 1 aliphatic rings. The van der Waals surface area contributed by atoms with Gasteiger partial charge in [-0.25, -0.2) is 8.42 Å². The van der Waals surface area contributed by atoms with Crippen molar-refractivity contribution in [1.82, 2.24) is 15.3 Å². The SMILES string of the molecule is CCCS(=O)(=O)c1[nH]c2ccccc2c1C(=O)C1CSC(c2cccnc2)N1. The van der Waals surface area contributed by atoms with Crippen LogP contribution in [0, 0.1) is 0 Å². The lowest BCUT2D eigenvalue weighted by Crippen LogP contribution is -2.35. The Morgan fingerprint density at radius 2 is 2.07 bits per heavy atom. The summed E-state index contributed by atoms with van der Waals surface area (Å²) in [6, 6.07) is 10.6. The monoisotopic (exact) mass is 415 g/mol. The Kier molecular flexibility index (Phi) is 5.27. The van der Waals surface area contributed by atoms with Crippen LogP contribution in [0.15, 0.2) is 53.8 Å². The number of fused-ring (bicyclic) bond motifs is 1. The van der Waals surface area contributed by atoms with Gasteiger partial charge >= 0.3 is 0 Å². The van der Waals surface area contributed by atoms with Crippen LogP contribution >= 0.6 is 11.8 Å². The highest BCUT2D eigenvalue weighted by Crippen LogP contribution is 2.35. The van der Waals surface area contributed by atoms with Crippen LogP contribution in [0.2, 0.25) is 0 Å². The molecule has 0 amide bonds. The van der Waals surface area contributed by atoms with Gasteiger partial charge in [-0.3, -0.25) is 15.1 Å². The first-order valence-electron chi connectivity index (χ1n) is 9.16. The third kappa shape index (κ3) is 3.47. The first-order chi connectivity index (χ1) is 13.5. The summed E-state index contributed by atoms with van der Waals surface area (Å²) in [6.07, 6.45) is 3.98. The first kappa shape index (κ1) is 19.2. The standard InChI is InChI=1S/C20H21N3O3S2/c1-2-10-28(25,26)20-17(14-7-3-4-8-15(14)23-20)18(24)16-12-27-19(22-16)13-6-5-9-21-11-13/h3-9,11,16,19,22-23H,2,10,12H2,1H3. The van der Waals surface area contributed by atoms with E-state index in [0.717, 1.165) is 5.56 Å². The van der Waals surface area contributed by atoms with Crippen molar-refractivity contribution in [3.05, 3.63) is 59.9 Å². The fraction of sp³-hybridized carbons (Fsp3) is 0.300. The van der Waals surface area contributed by atoms with Gasteiger partial charge in [-0.2, -0.15) is 0 Å². The van der Waals surface area contributed by atoms with E-state index < -0.39 is 15.9 Å². The van der Waals surface area contributed by atoms with E-state index in [0.29, 0.717) is 23.1 Å². The van der Waals surface area contributed by atoms with E-state index in [1.165, 1.54) is 0 Å². The van der Waals surface area contributed by atoms with Crippen molar-refractivity contribution in [3.63, 3.8) is 0 Å². The molecule has 2 unspecified atom stereocenters. The number of rotatable bonds is 6. The van der Waals surface area contributed by atoms with Crippen molar-refractivity contribution >= 4 is 38.3 Å². The molecule has 2 atom stereocenters. The number of para-hydroxylation sites is 1. The molecule has 0 bridgehead atoms. The van der Waals surface area contributed by atoms with Crippen molar-refractivity contribution in [2.45, 2.75) is 29.8 Å². The van der Waals surface area contributed by atoms with Crippen LogP contribution in [0.25, 0.3) is 10.9 Å². The molecule has 6 nitrogen and oxygen atoms in total. The molecule has 0 radical (unpaired) electrons. The molecular weight excluding hydrogens is 394 g/mol. The lowest BCUT2D eigenvalue weighted by molar-refractivity contribution is 0.0954. The Hall–Kier alpha value is -2.16. The number of aromatic amines is 1. The van der Waals surface area contributed by atoms with Crippen molar-refractivity contribution in [2.24, 2.45) is 0 Å². The molecule has 4 rings (SSSR count). The number of H-pyrrole nitrogens is 1. The molecule has 0 saturated carbocycles. The second kappa shape index (κ2) is 7.69. The molecule has 1 aromatic carbocycles. The van der Waals surface area contributed by atoms with Gasteiger partial charge in [-0.1, -0.05) is 31.2 Å². The number of hydrogen-bond donors (Lipinski definition) is 2. The average Bonchev–Trinajstić information content (AvgIpc) is 3.34. The van der Waals surface area contributed by atoms with Gasteiger partial charge in [0.15, 0.2) is 15.6 Å². The summed E-state index contributed by atoms with van der Waals surface area (Å²) in [5.74, 6) is 0.391. The fourth-order valence-corrected chi connectivity index (χ4v) is 6.24. The van der Waals surface area contributed by atoms with Gasteiger partial charge in [-0.05, 0) is 24.1 Å². The number of carbonyl (C=O) groups excluding carboxylic acids is 1. The molecule has 1 aliphatic heterocycles. The van der Waals surface area contributed by atoms with Crippen LogP contribution in [-0.4, -0.2) is 41.7 Å². The Balaban J connectivity index is 1.71. The lowest BCUT2D eigenvalue weighted by atomic mass is 10.0. The van der Waals surface area contributed by atoms with Crippen molar-refractivity contribution < 1.29 is 13.2 Å². The summed E-state index contributed by atoms with van der Waals surface area (Å²) in [6.45, 7) is 1.81. The topological polar surface area (TPSA) is 91.9 Å². The molecule has 146 valence electrons. The number of ketones is 1. The molecule has 8 heteroatoms. The number of benzene rings is 1. The highest BCUT2D eigenvalue weighted by molar-refractivity contribution is 7.99. The Morgan fingerprint density at radius 1 is 1.25 bits per heavy atom. The number of Topliss-reactive ketones (excluding diaryl/α,β-unsaturated/α-hetero) is 1. The number of hydrogen-bond acceptors (Lipinski definition) is 6. The van der Waals surface area contributed by atoms with E-state index in [4.69, 9.17) is 0 Å². The predicted octanol–water partition coefficient (Wildman–Crippen LogP) is 3.33. The number of pyridine rings is 1. The Morgan fingerprint density at radius 3 is 2.82 bits per heavy atom. The highest BCUT2D eigenvalue weighted by atomic mass is 32.2. The number of thioether (sulfide) groups is 1. The smallest absolute Gasteiger partial charge is 0.194 e. The van der Waals surface area contributed by atoms with Crippen LogP contribution < -0.4 is 5.32 Å². The third-order valence-electron chi connectivity index (χ3n) is 4.79. The van der Waals surface area contributed by atoms with Gasteiger partial charge in [0.1, 0.15) is 5.03 Å². The average molecular weight is 416 g/mol. The molecule has 0 spiro atoms. The second-order valence-electron chi connectivity index (χ2n) is 6.78. The minimum Gasteiger partial charge on any atom is -0.345 e. The molecule has 3 aromatic rings. The summed E-state index contributed by atoms with van der Waals surface area (Å²) >= 11 is 1.63. The summed E-state index contributed by atoms with van der Waals surface area (Å²) in [7, 11) is -3.56. The molecule has 2 aromatic heterocycles. The Labute approximate surface area is 168 Å². The quantitative estimate of drug-likeness (QED) is 0.600. The van der Waals surface area contributed by atoms with Crippen LogP contribution in [0.3, 0.4) is 0 Å². The van der Waals surface area contributed by atoms with Crippen LogP contribution in [-0.2, 0) is 9.84 Å². The molecule has 0 aliphatic carbocycles. The predicted molar refractivity (Wildman–Crippen MR) is 111 cm³/mol. The minimum absolute atomic E-state index is 0.00522. The summed E-state index contributed by atoms with van der Waals surface area (Å²) < 4.78 is 25.6. The van der Waals surface area contributed by atoms with Crippen molar-refractivity contribution in [1.29, 1.82) is 0 Å². The molecule has 28 heavy (non-hydrogen) atoms. The summed E-state index contributed by atoms with van der Waals surface area (Å²) in [5.41, 5.74) is 1.93. The maximum Gasteiger partial charge on any atom is 0.194 e. The van der Waals surface area contributed by atoms with Gasteiger partial charge in [0, 0.05) is 29.0 Å². The number of nitrogens with one attached hydrogen (secondary N) is 2. The van der Waals surface area contributed by atoms with E-state index in [1.54, 1.807) is 36.3 Å². The van der Waals surface area contributed by atoms with Gasteiger partial charge in [-0.15, -0.1) is 11.8 Å². The zero-order valence-electron chi connectivity index (χ0n) is 15.4. The zero-order chi connectivity index (χ0) is 19.7. The molecule has 1 fully saturated rings. The first-order valence-corrected chi connectivity index (χ1v) is 11.9. The van der Waals surface area contributed by atoms with Gasteiger partial charge in [0.25, 0.3) is 0 Å². The molecule has 2 N–H and O–H groups in total. The number of aromatic nitrogens is 2. The fourth-order valence-electron chi connectivity index (χ4n) is 3.49. The second-order valence-corrected chi connectivity index (χ2v) is 9.96. The third-order valence-corrected chi connectivity index (χ3v) is 7.93. The van der Waals surface area contributed by atoms with Crippen molar-refractivity contribution in [2.75, 3.05) is 11.5 Å². The number of carbonyl (C=O) groups is 1. The Bertz CT molecular complexity index is 1110. The summed E-state index contributed by atoms with van der Waals surface area (Å²) in [5, 5.41) is 3.99. The number of nitrogens with zero attached hydrogens (tertiary/aromatic N) is 1. The maximum atomic E-state index is 13.4. The van der Waals surface area contributed by atoms with E-state index in [-0.39, 0.29) is 27.5 Å². The summed E-state index contributed by atoms with van der Waals surface area (Å²) in [4.78, 5) is 20.5. The minimum atomic E-state index is -3.56. The van der Waals surface area contributed by atoms with Crippen LogP contribution in [0.4, 0.5) is 0 Å². The van der Waals surface area contributed by atoms with Crippen LogP contribution in [0.5, 0.6) is 0 Å². The van der Waals surface area contributed by atoms with E-state index in [1.807, 2.05) is 31.2 Å². The molecule has 3 heterocycles. The van der Waals surface area contributed by atoms with Gasteiger partial charge in [0.05, 0.1) is 22.7 Å². The lowest BCUT2D eigenvalue weighted by Gasteiger charge is -2.13. The van der Waals surface area contributed by atoms with Gasteiger partial charge in [0.2, 0.25) is 0 Å².